The molecule has 0 saturated heterocycles. The predicted octanol–water partition coefficient (Wildman–Crippen LogP) is 3.99. The van der Waals surface area contributed by atoms with Gasteiger partial charge in [-0.25, -0.2) is 9.48 Å². The van der Waals surface area contributed by atoms with Crippen molar-refractivity contribution in [1.29, 1.82) is 0 Å². The van der Waals surface area contributed by atoms with E-state index in [9.17, 15) is 14.4 Å². The molecule has 0 spiro atoms. The van der Waals surface area contributed by atoms with Gasteiger partial charge in [0, 0.05) is 18.3 Å². The molecule has 2 amide bonds. The van der Waals surface area contributed by atoms with Crippen LogP contribution in [0.3, 0.4) is 0 Å². The number of ether oxygens (including phenoxy) is 1. The van der Waals surface area contributed by atoms with Crippen LogP contribution in [0.2, 0.25) is 0 Å². The van der Waals surface area contributed by atoms with E-state index in [1.807, 2.05) is 32.9 Å². The van der Waals surface area contributed by atoms with Gasteiger partial charge in [-0.2, -0.15) is 5.10 Å². The third-order valence-electron chi connectivity index (χ3n) is 5.53. The molecule has 1 aromatic heterocycles. The molecule has 34 heavy (non-hydrogen) atoms. The number of aromatic nitrogens is 2. The molecule has 178 valence electrons. The Morgan fingerprint density at radius 1 is 1.03 bits per heavy atom. The molecule has 8 heteroatoms. The van der Waals surface area contributed by atoms with Crippen LogP contribution in [-0.2, 0) is 9.53 Å². The van der Waals surface area contributed by atoms with Gasteiger partial charge in [-0.3, -0.25) is 9.59 Å². The Balaban J connectivity index is 1.68. The number of nitrogens with zero attached hydrogens (tertiary/aromatic N) is 3. The average molecular weight is 463 g/mol. The normalized spacial score (nSPS) is 10.6. The summed E-state index contributed by atoms with van der Waals surface area (Å²) in [5.74, 6) is -0.960. The van der Waals surface area contributed by atoms with Crippen molar-refractivity contribution in [1.82, 2.24) is 14.7 Å². The van der Waals surface area contributed by atoms with Gasteiger partial charge in [0.05, 0.1) is 30.7 Å². The summed E-state index contributed by atoms with van der Waals surface area (Å²) in [7, 11) is 1.59. The minimum Gasteiger partial charge on any atom is -0.462 e. The molecule has 0 aliphatic rings. The smallest absolute Gasteiger partial charge is 0.341 e. The quantitative estimate of drug-likeness (QED) is 0.536. The lowest BCUT2D eigenvalue weighted by atomic mass is 10.1. The monoisotopic (exact) mass is 462 g/mol. The van der Waals surface area contributed by atoms with E-state index in [0.717, 1.165) is 22.4 Å². The number of benzene rings is 2. The van der Waals surface area contributed by atoms with Gasteiger partial charge in [0.2, 0.25) is 5.91 Å². The molecule has 3 aromatic rings. The molecular formula is C26H30N4O4. The largest absolute Gasteiger partial charge is 0.462 e. The highest BCUT2D eigenvalue weighted by molar-refractivity contribution is 6.00. The molecule has 0 atom stereocenters. The van der Waals surface area contributed by atoms with E-state index in [4.69, 9.17) is 4.74 Å². The molecular weight excluding hydrogens is 432 g/mol. The molecule has 0 bridgehead atoms. The van der Waals surface area contributed by atoms with E-state index >= 15 is 0 Å². The highest BCUT2D eigenvalue weighted by Gasteiger charge is 2.18. The summed E-state index contributed by atoms with van der Waals surface area (Å²) in [4.78, 5) is 38.8. The van der Waals surface area contributed by atoms with Gasteiger partial charge in [0.1, 0.15) is 5.56 Å². The van der Waals surface area contributed by atoms with E-state index < -0.39 is 5.97 Å². The van der Waals surface area contributed by atoms with Gasteiger partial charge < -0.3 is 15.0 Å². The highest BCUT2D eigenvalue weighted by Crippen LogP contribution is 2.22. The molecule has 0 fully saturated rings. The lowest BCUT2D eigenvalue weighted by Gasteiger charge is -2.19. The zero-order valence-electron chi connectivity index (χ0n) is 20.4. The third-order valence-corrected chi connectivity index (χ3v) is 5.53. The highest BCUT2D eigenvalue weighted by atomic mass is 16.5. The summed E-state index contributed by atoms with van der Waals surface area (Å²) < 4.78 is 6.66. The number of carbonyl (C=O) groups excluding carboxylic acids is 3. The van der Waals surface area contributed by atoms with E-state index in [-0.39, 0.29) is 25.0 Å². The van der Waals surface area contributed by atoms with Crippen LogP contribution in [0.1, 0.15) is 50.0 Å². The number of anilines is 1. The van der Waals surface area contributed by atoms with Crippen molar-refractivity contribution in [3.05, 3.63) is 76.1 Å². The van der Waals surface area contributed by atoms with Crippen LogP contribution in [0.4, 0.5) is 5.69 Å². The minimum atomic E-state index is -0.422. The molecule has 0 radical (unpaired) electrons. The van der Waals surface area contributed by atoms with Gasteiger partial charge in [-0.15, -0.1) is 0 Å². The first-order valence-corrected chi connectivity index (χ1v) is 11.1. The van der Waals surface area contributed by atoms with Gasteiger partial charge in [-0.1, -0.05) is 17.7 Å². The van der Waals surface area contributed by atoms with Crippen LogP contribution < -0.4 is 5.32 Å². The fraction of sp³-hybridized carbons (Fsp3) is 0.308. The summed E-state index contributed by atoms with van der Waals surface area (Å²) >= 11 is 0. The van der Waals surface area contributed by atoms with Crippen LogP contribution in [-0.4, -0.2) is 52.7 Å². The number of rotatable bonds is 7. The predicted molar refractivity (Wildman–Crippen MR) is 131 cm³/mol. The molecule has 8 nitrogen and oxygen atoms in total. The second-order valence-corrected chi connectivity index (χ2v) is 8.31. The number of amides is 2. The van der Waals surface area contributed by atoms with Crippen LogP contribution in [0.5, 0.6) is 0 Å². The van der Waals surface area contributed by atoms with E-state index in [1.165, 1.54) is 11.1 Å². The number of hydrogen-bond acceptors (Lipinski definition) is 5. The van der Waals surface area contributed by atoms with Crippen molar-refractivity contribution in [2.75, 3.05) is 25.5 Å². The molecule has 2 aromatic carbocycles. The van der Waals surface area contributed by atoms with Crippen molar-refractivity contribution in [3.63, 3.8) is 0 Å². The Labute approximate surface area is 199 Å². The first kappa shape index (κ1) is 24.7. The number of nitrogens with one attached hydrogen (secondary N) is 1. The van der Waals surface area contributed by atoms with Crippen molar-refractivity contribution in [3.8, 4) is 5.69 Å². The Hall–Kier alpha value is -3.94. The molecule has 1 heterocycles. The maximum absolute atomic E-state index is 12.9. The molecule has 0 saturated carbocycles. The van der Waals surface area contributed by atoms with Crippen LogP contribution >= 0.6 is 0 Å². The van der Waals surface area contributed by atoms with Gasteiger partial charge in [0.25, 0.3) is 5.91 Å². The maximum Gasteiger partial charge on any atom is 0.341 e. The van der Waals surface area contributed by atoms with Crippen molar-refractivity contribution in [2.24, 2.45) is 0 Å². The van der Waals surface area contributed by atoms with E-state index in [2.05, 4.69) is 10.4 Å². The van der Waals surface area contributed by atoms with Crippen molar-refractivity contribution < 1.29 is 19.1 Å². The molecule has 3 rings (SSSR count). The second kappa shape index (κ2) is 10.3. The second-order valence-electron chi connectivity index (χ2n) is 8.31. The standard InChI is InChI=1S/C26H30N4O4/c1-7-34-26(33)22-14-27-30(19(22)5)21-10-8-20(9-11-21)25(32)29(6)15-23(31)28-24-17(3)12-16(2)13-18(24)4/h8-14H,7,15H2,1-6H3,(H,28,31). The SMILES string of the molecule is CCOC(=O)c1cnn(-c2ccc(C(=O)N(C)CC(=O)Nc3c(C)cc(C)cc3C)cc2)c1C. The average Bonchev–Trinajstić information content (AvgIpc) is 3.17. The summed E-state index contributed by atoms with van der Waals surface area (Å²) in [6, 6.07) is 10.9. The topological polar surface area (TPSA) is 93.5 Å². The van der Waals surface area contributed by atoms with Crippen LogP contribution in [0.25, 0.3) is 5.69 Å². The Bertz CT molecular complexity index is 1210. The first-order chi connectivity index (χ1) is 16.1. The zero-order valence-corrected chi connectivity index (χ0v) is 20.4. The van der Waals surface area contributed by atoms with Gasteiger partial charge >= 0.3 is 5.97 Å². The number of hydrogen-bond donors (Lipinski definition) is 1. The number of likely N-dealkylation sites (N-methyl/N-ethyl adjacent to an activating group) is 1. The van der Waals surface area contributed by atoms with Crippen molar-refractivity contribution in [2.45, 2.75) is 34.6 Å². The fourth-order valence-corrected chi connectivity index (χ4v) is 3.89. The number of esters is 1. The van der Waals surface area contributed by atoms with Crippen LogP contribution in [0, 0.1) is 27.7 Å². The lowest BCUT2D eigenvalue weighted by Crippen LogP contribution is -2.35. The summed E-state index contributed by atoms with van der Waals surface area (Å²) in [5.41, 5.74) is 6.06. The number of aryl methyl sites for hydroxylation is 3. The Morgan fingerprint density at radius 2 is 1.65 bits per heavy atom. The summed E-state index contributed by atoms with van der Waals surface area (Å²) in [5, 5.41) is 7.18. The minimum absolute atomic E-state index is 0.0749. The van der Waals surface area contributed by atoms with Crippen LogP contribution in [0.15, 0.2) is 42.6 Å². The summed E-state index contributed by atoms with van der Waals surface area (Å²) in [6.45, 7) is 9.65. The van der Waals surface area contributed by atoms with Gasteiger partial charge in [-0.05, 0) is 70.0 Å². The Kier molecular flexibility index (Phi) is 7.50. The fourth-order valence-electron chi connectivity index (χ4n) is 3.89. The van der Waals surface area contributed by atoms with E-state index in [0.29, 0.717) is 22.5 Å². The summed E-state index contributed by atoms with van der Waals surface area (Å²) in [6.07, 6.45) is 1.47. The Morgan fingerprint density at radius 3 is 2.24 bits per heavy atom. The lowest BCUT2D eigenvalue weighted by molar-refractivity contribution is -0.116. The molecule has 1 N–H and O–H groups in total. The third kappa shape index (κ3) is 5.33. The number of carbonyl (C=O) groups is 3. The molecule has 0 unspecified atom stereocenters. The molecule has 0 aliphatic heterocycles. The molecule has 0 aliphatic carbocycles. The van der Waals surface area contributed by atoms with E-state index in [1.54, 1.807) is 49.8 Å². The first-order valence-electron chi connectivity index (χ1n) is 11.1. The zero-order chi connectivity index (χ0) is 25.0. The maximum atomic E-state index is 12.9. The van der Waals surface area contributed by atoms with Crippen molar-refractivity contribution >= 4 is 23.5 Å². The van der Waals surface area contributed by atoms with Gasteiger partial charge in [0.15, 0.2) is 0 Å².